The predicted octanol–water partition coefficient (Wildman–Crippen LogP) is 2.71. The molecular formula is C22H17BrN6O2. The van der Waals surface area contributed by atoms with Crippen molar-refractivity contribution in [2.75, 3.05) is 6.54 Å². The summed E-state index contributed by atoms with van der Waals surface area (Å²) in [5, 5.41) is 16.4. The molecule has 1 N–H and O–H groups in total. The molecule has 1 amide bonds. The van der Waals surface area contributed by atoms with Crippen LogP contribution in [0.1, 0.15) is 21.5 Å². The van der Waals surface area contributed by atoms with Crippen molar-refractivity contribution in [1.29, 1.82) is 5.26 Å². The van der Waals surface area contributed by atoms with Crippen LogP contribution < -0.4 is 10.9 Å². The van der Waals surface area contributed by atoms with Crippen LogP contribution in [0.3, 0.4) is 0 Å². The van der Waals surface area contributed by atoms with Crippen molar-refractivity contribution < 1.29 is 4.79 Å². The van der Waals surface area contributed by atoms with Gasteiger partial charge in [0.05, 0.1) is 30.9 Å². The lowest BCUT2D eigenvalue weighted by atomic mass is 10.1. The maximum atomic E-state index is 12.8. The Morgan fingerprint density at radius 1 is 1.19 bits per heavy atom. The SMILES string of the molecule is N#Cc1cccc(C(=O)NCCn2ncc3c(=O)n(Cc4ccc(Br)cc4)cnc32)c1. The van der Waals surface area contributed by atoms with Gasteiger partial charge in [-0.25, -0.2) is 9.67 Å². The molecule has 0 aliphatic heterocycles. The fourth-order valence-corrected chi connectivity index (χ4v) is 3.43. The van der Waals surface area contributed by atoms with Crippen molar-refractivity contribution in [3.63, 3.8) is 0 Å². The molecule has 0 radical (unpaired) electrons. The molecule has 0 fully saturated rings. The zero-order valence-electron chi connectivity index (χ0n) is 16.3. The van der Waals surface area contributed by atoms with E-state index in [1.807, 2.05) is 30.3 Å². The molecule has 0 aliphatic rings. The van der Waals surface area contributed by atoms with Gasteiger partial charge in [-0.1, -0.05) is 34.1 Å². The molecule has 0 unspecified atom stereocenters. The second-order valence-corrected chi connectivity index (χ2v) is 7.77. The molecule has 0 saturated heterocycles. The Kier molecular flexibility index (Phi) is 5.91. The van der Waals surface area contributed by atoms with Crippen LogP contribution in [0.25, 0.3) is 11.0 Å². The summed E-state index contributed by atoms with van der Waals surface area (Å²) in [6.07, 6.45) is 3.01. The van der Waals surface area contributed by atoms with Gasteiger partial charge < -0.3 is 5.32 Å². The molecule has 2 aromatic carbocycles. The third-order valence-electron chi connectivity index (χ3n) is 4.75. The van der Waals surface area contributed by atoms with Gasteiger partial charge in [0.25, 0.3) is 11.5 Å². The molecule has 0 aliphatic carbocycles. The second kappa shape index (κ2) is 8.93. The zero-order valence-corrected chi connectivity index (χ0v) is 17.9. The van der Waals surface area contributed by atoms with Crippen molar-refractivity contribution in [2.24, 2.45) is 0 Å². The number of carbonyl (C=O) groups excluding carboxylic acids is 1. The summed E-state index contributed by atoms with van der Waals surface area (Å²) in [5.41, 5.74) is 2.13. The van der Waals surface area contributed by atoms with Gasteiger partial charge in [0, 0.05) is 16.6 Å². The summed E-state index contributed by atoms with van der Waals surface area (Å²) in [5.74, 6) is -0.279. The Balaban J connectivity index is 1.45. The fraction of sp³-hybridized carbons (Fsp3) is 0.136. The van der Waals surface area contributed by atoms with Crippen LogP contribution in [0.4, 0.5) is 0 Å². The highest BCUT2D eigenvalue weighted by Gasteiger charge is 2.11. The number of rotatable bonds is 6. The molecule has 8 nitrogen and oxygen atoms in total. The molecule has 4 aromatic rings. The third kappa shape index (κ3) is 4.54. The number of nitriles is 1. The molecule has 0 spiro atoms. The molecule has 0 atom stereocenters. The van der Waals surface area contributed by atoms with E-state index in [4.69, 9.17) is 5.26 Å². The maximum Gasteiger partial charge on any atom is 0.264 e. The first-order chi connectivity index (χ1) is 15.0. The van der Waals surface area contributed by atoms with Gasteiger partial charge >= 0.3 is 0 Å². The first kappa shape index (κ1) is 20.5. The van der Waals surface area contributed by atoms with Crippen LogP contribution in [-0.4, -0.2) is 31.8 Å². The summed E-state index contributed by atoms with van der Waals surface area (Å²) < 4.78 is 4.11. The molecule has 4 rings (SSSR count). The summed E-state index contributed by atoms with van der Waals surface area (Å²) in [6.45, 7) is 1.07. The molecule has 0 bridgehead atoms. The Morgan fingerprint density at radius 2 is 2.00 bits per heavy atom. The lowest BCUT2D eigenvalue weighted by Crippen LogP contribution is -2.27. The van der Waals surface area contributed by atoms with Gasteiger partial charge in [0.1, 0.15) is 11.7 Å². The first-order valence-corrected chi connectivity index (χ1v) is 10.3. The van der Waals surface area contributed by atoms with E-state index in [-0.39, 0.29) is 11.5 Å². The normalized spacial score (nSPS) is 10.7. The molecule has 2 heterocycles. The highest BCUT2D eigenvalue weighted by molar-refractivity contribution is 9.10. The highest BCUT2D eigenvalue weighted by atomic mass is 79.9. The highest BCUT2D eigenvalue weighted by Crippen LogP contribution is 2.12. The van der Waals surface area contributed by atoms with E-state index in [0.717, 1.165) is 10.0 Å². The number of hydrogen-bond donors (Lipinski definition) is 1. The summed E-state index contributed by atoms with van der Waals surface area (Å²) >= 11 is 3.40. The Hall–Kier alpha value is -3.77. The molecule has 9 heteroatoms. The average Bonchev–Trinajstić information content (AvgIpc) is 3.21. The average molecular weight is 477 g/mol. The monoisotopic (exact) mass is 476 g/mol. The number of fused-ring (bicyclic) bond motifs is 1. The van der Waals surface area contributed by atoms with Gasteiger partial charge in [-0.2, -0.15) is 10.4 Å². The fourth-order valence-electron chi connectivity index (χ4n) is 3.17. The van der Waals surface area contributed by atoms with Crippen molar-refractivity contribution in [1.82, 2.24) is 24.6 Å². The summed E-state index contributed by atoms with van der Waals surface area (Å²) in [4.78, 5) is 29.5. The largest absolute Gasteiger partial charge is 0.350 e. The number of benzene rings is 2. The number of halogens is 1. The maximum absolute atomic E-state index is 12.8. The minimum atomic E-state index is -0.279. The Morgan fingerprint density at radius 3 is 2.77 bits per heavy atom. The zero-order chi connectivity index (χ0) is 21.8. The van der Waals surface area contributed by atoms with Crippen LogP contribution in [0.15, 0.2) is 70.3 Å². The van der Waals surface area contributed by atoms with E-state index in [0.29, 0.717) is 41.8 Å². The number of nitrogens with zero attached hydrogens (tertiary/aromatic N) is 5. The van der Waals surface area contributed by atoms with Crippen LogP contribution in [-0.2, 0) is 13.1 Å². The number of hydrogen-bond acceptors (Lipinski definition) is 5. The van der Waals surface area contributed by atoms with Crippen molar-refractivity contribution >= 4 is 32.9 Å². The van der Waals surface area contributed by atoms with Gasteiger partial charge in [-0.15, -0.1) is 0 Å². The van der Waals surface area contributed by atoms with Crippen LogP contribution >= 0.6 is 15.9 Å². The van der Waals surface area contributed by atoms with Crippen molar-refractivity contribution in [2.45, 2.75) is 13.1 Å². The third-order valence-corrected chi connectivity index (χ3v) is 5.28. The van der Waals surface area contributed by atoms with Crippen LogP contribution in [0.5, 0.6) is 0 Å². The van der Waals surface area contributed by atoms with E-state index in [1.54, 1.807) is 27.4 Å². The number of amides is 1. The molecule has 31 heavy (non-hydrogen) atoms. The van der Waals surface area contributed by atoms with Gasteiger partial charge in [0.2, 0.25) is 0 Å². The van der Waals surface area contributed by atoms with Crippen molar-refractivity contribution in [3.8, 4) is 6.07 Å². The van der Waals surface area contributed by atoms with Gasteiger partial charge in [0.15, 0.2) is 5.65 Å². The van der Waals surface area contributed by atoms with E-state index < -0.39 is 0 Å². The first-order valence-electron chi connectivity index (χ1n) is 9.49. The predicted molar refractivity (Wildman–Crippen MR) is 119 cm³/mol. The van der Waals surface area contributed by atoms with Crippen LogP contribution in [0.2, 0.25) is 0 Å². The summed E-state index contributed by atoms with van der Waals surface area (Å²) in [7, 11) is 0. The number of carbonyl (C=O) groups is 1. The Bertz CT molecular complexity index is 1350. The second-order valence-electron chi connectivity index (χ2n) is 6.86. The molecule has 154 valence electrons. The van der Waals surface area contributed by atoms with E-state index in [1.165, 1.54) is 18.6 Å². The Labute approximate surface area is 185 Å². The number of aromatic nitrogens is 4. The molecule has 2 aromatic heterocycles. The topological polar surface area (TPSA) is 106 Å². The minimum Gasteiger partial charge on any atom is -0.350 e. The van der Waals surface area contributed by atoms with E-state index in [9.17, 15) is 9.59 Å². The van der Waals surface area contributed by atoms with Gasteiger partial charge in [-0.05, 0) is 35.9 Å². The van der Waals surface area contributed by atoms with E-state index in [2.05, 4.69) is 31.3 Å². The lowest BCUT2D eigenvalue weighted by molar-refractivity contribution is 0.0952. The van der Waals surface area contributed by atoms with E-state index >= 15 is 0 Å². The quantitative estimate of drug-likeness (QED) is 0.460. The molecular weight excluding hydrogens is 460 g/mol. The smallest absolute Gasteiger partial charge is 0.264 e. The van der Waals surface area contributed by atoms with Gasteiger partial charge in [-0.3, -0.25) is 14.2 Å². The van der Waals surface area contributed by atoms with Crippen LogP contribution in [0, 0.1) is 11.3 Å². The number of nitrogens with one attached hydrogen (secondary N) is 1. The standard InChI is InChI=1S/C22H17BrN6O2/c23-18-6-4-15(5-7-18)13-28-14-26-20-19(22(28)31)12-27-29(20)9-8-25-21(30)17-3-1-2-16(10-17)11-24/h1-7,10,12,14H,8-9,13H2,(H,25,30). The molecule has 0 saturated carbocycles. The van der Waals surface area contributed by atoms with Crippen molar-refractivity contribution in [3.05, 3.63) is 92.6 Å². The lowest BCUT2D eigenvalue weighted by Gasteiger charge is -2.08. The minimum absolute atomic E-state index is 0.170. The summed E-state index contributed by atoms with van der Waals surface area (Å²) in [6, 6.07) is 16.2.